The molecular formula is C19H21N3O. The fraction of sp³-hybridized carbons (Fsp3) is 0.211. The number of H-pyrrole nitrogens is 1. The van der Waals surface area contributed by atoms with Crippen LogP contribution in [0, 0.1) is 0 Å². The van der Waals surface area contributed by atoms with Gasteiger partial charge in [0.2, 0.25) is 5.91 Å². The highest BCUT2D eigenvalue weighted by molar-refractivity contribution is 5.84. The molecule has 0 radical (unpaired) electrons. The van der Waals surface area contributed by atoms with Crippen LogP contribution in [0.15, 0.2) is 54.6 Å². The highest BCUT2D eigenvalue weighted by Gasteiger charge is 2.04. The molecule has 0 bridgehead atoms. The molecular weight excluding hydrogens is 286 g/mol. The first-order chi connectivity index (χ1) is 11.2. The number of aromatic nitrogens is 1. The molecule has 0 aliphatic heterocycles. The lowest BCUT2D eigenvalue weighted by Gasteiger charge is -2.06. The van der Waals surface area contributed by atoms with Crippen LogP contribution in [0.25, 0.3) is 10.9 Å². The van der Waals surface area contributed by atoms with E-state index < -0.39 is 0 Å². The molecule has 0 fully saturated rings. The Bertz CT molecular complexity index is 793. The molecule has 0 saturated carbocycles. The van der Waals surface area contributed by atoms with Gasteiger partial charge in [0.1, 0.15) is 0 Å². The molecule has 1 amide bonds. The fourth-order valence-electron chi connectivity index (χ4n) is 2.51. The summed E-state index contributed by atoms with van der Waals surface area (Å²) < 4.78 is 0. The number of nitrogens with one attached hydrogen (secondary N) is 3. The maximum absolute atomic E-state index is 11.3. The summed E-state index contributed by atoms with van der Waals surface area (Å²) in [5.41, 5.74) is 4.42. The zero-order valence-electron chi connectivity index (χ0n) is 13.2. The molecule has 0 atom stereocenters. The van der Waals surface area contributed by atoms with Gasteiger partial charge in [-0.15, -0.1) is 0 Å². The minimum absolute atomic E-state index is 0.0638. The third kappa shape index (κ3) is 3.92. The maximum Gasteiger partial charge on any atom is 0.220 e. The molecule has 4 nitrogen and oxygen atoms in total. The molecule has 3 rings (SSSR count). The standard InChI is InChI=1S/C19H21N3O/c1-2-19(23)21-13-17-10-15-8-9-16(11-18(15)22-17)20-12-14-6-4-3-5-7-14/h3-11,20,22H,2,12-13H2,1H3,(H,21,23). The summed E-state index contributed by atoms with van der Waals surface area (Å²) in [6.45, 7) is 3.19. The van der Waals surface area contributed by atoms with E-state index in [0.29, 0.717) is 13.0 Å². The fourth-order valence-corrected chi connectivity index (χ4v) is 2.51. The van der Waals surface area contributed by atoms with Gasteiger partial charge in [0.05, 0.1) is 6.54 Å². The van der Waals surface area contributed by atoms with Crippen LogP contribution in [-0.2, 0) is 17.9 Å². The molecule has 0 saturated heterocycles. The summed E-state index contributed by atoms with van der Waals surface area (Å²) >= 11 is 0. The zero-order chi connectivity index (χ0) is 16.1. The van der Waals surface area contributed by atoms with Gasteiger partial charge in [0, 0.05) is 29.9 Å². The van der Waals surface area contributed by atoms with Crippen molar-refractivity contribution in [2.24, 2.45) is 0 Å². The van der Waals surface area contributed by atoms with Gasteiger partial charge in [-0.05, 0) is 29.1 Å². The second kappa shape index (κ2) is 7.01. The van der Waals surface area contributed by atoms with Crippen LogP contribution in [0.3, 0.4) is 0 Å². The number of carbonyl (C=O) groups is 1. The van der Waals surface area contributed by atoms with Gasteiger partial charge < -0.3 is 15.6 Å². The monoisotopic (exact) mass is 307 g/mol. The molecule has 0 aliphatic carbocycles. The molecule has 3 N–H and O–H groups in total. The lowest BCUT2D eigenvalue weighted by molar-refractivity contribution is -0.120. The first-order valence-corrected chi connectivity index (χ1v) is 7.91. The number of fused-ring (bicyclic) bond motifs is 1. The quantitative estimate of drug-likeness (QED) is 0.648. The third-order valence-electron chi connectivity index (χ3n) is 3.81. The number of hydrogen-bond acceptors (Lipinski definition) is 2. The summed E-state index contributed by atoms with van der Waals surface area (Å²) in [4.78, 5) is 14.7. The molecule has 1 heterocycles. The number of anilines is 1. The van der Waals surface area contributed by atoms with E-state index in [1.165, 1.54) is 5.56 Å². The van der Waals surface area contributed by atoms with Gasteiger partial charge in [-0.25, -0.2) is 0 Å². The Labute approximate surface area is 135 Å². The van der Waals surface area contributed by atoms with Crippen molar-refractivity contribution in [3.8, 4) is 0 Å². The lowest BCUT2D eigenvalue weighted by atomic mass is 10.2. The van der Waals surface area contributed by atoms with E-state index in [1.807, 2.05) is 25.1 Å². The van der Waals surface area contributed by atoms with Gasteiger partial charge in [0.25, 0.3) is 0 Å². The molecule has 23 heavy (non-hydrogen) atoms. The first-order valence-electron chi connectivity index (χ1n) is 7.91. The predicted octanol–water partition coefficient (Wildman–Crippen LogP) is 3.81. The average molecular weight is 307 g/mol. The number of hydrogen-bond donors (Lipinski definition) is 3. The maximum atomic E-state index is 11.3. The van der Waals surface area contributed by atoms with Crippen molar-refractivity contribution < 1.29 is 4.79 Å². The van der Waals surface area contributed by atoms with Gasteiger partial charge in [-0.3, -0.25) is 4.79 Å². The SMILES string of the molecule is CCC(=O)NCc1cc2ccc(NCc3ccccc3)cc2[nH]1. The molecule has 4 heteroatoms. The Kier molecular flexibility index (Phi) is 4.62. The lowest BCUT2D eigenvalue weighted by Crippen LogP contribution is -2.21. The Morgan fingerprint density at radius 1 is 1.04 bits per heavy atom. The van der Waals surface area contributed by atoms with E-state index in [0.717, 1.165) is 28.8 Å². The van der Waals surface area contributed by atoms with Gasteiger partial charge in [-0.1, -0.05) is 43.3 Å². The van der Waals surface area contributed by atoms with Gasteiger partial charge in [-0.2, -0.15) is 0 Å². The van der Waals surface area contributed by atoms with Crippen molar-refractivity contribution >= 4 is 22.5 Å². The van der Waals surface area contributed by atoms with Gasteiger partial charge in [0.15, 0.2) is 0 Å². The smallest absolute Gasteiger partial charge is 0.220 e. The number of rotatable bonds is 6. The van der Waals surface area contributed by atoms with Crippen LogP contribution in [0.2, 0.25) is 0 Å². The highest BCUT2D eigenvalue weighted by atomic mass is 16.1. The van der Waals surface area contributed by atoms with Crippen LogP contribution in [0.4, 0.5) is 5.69 Å². The van der Waals surface area contributed by atoms with E-state index in [9.17, 15) is 4.79 Å². The minimum Gasteiger partial charge on any atom is -0.381 e. The molecule has 2 aromatic carbocycles. The van der Waals surface area contributed by atoms with E-state index in [2.05, 4.69) is 52.0 Å². The first kappa shape index (κ1) is 15.2. The number of benzene rings is 2. The van der Waals surface area contributed by atoms with Crippen molar-refractivity contribution in [1.82, 2.24) is 10.3 Å². The van der Waals surface area contributed by atoms with E-state index >= 15 is 0 Å². The summed E-state index contributed by atoms with van der Waals surface area (Å²) in [6.07, 6.45) is 0.508. The third-order valence-corrected chi connectivity index (χ3v) is 3.81. The number of carbonyl (C=O) groups excluding carboxylic acids is 1. The van der Waals surface area contributed by atoms with Crippen molar-refractivity contribution in [3.05, 3.63) is 65.9 Å². The van der Waals surface area contributed by atoms with Crippen molar-refractivity contribution in [2.75, 3.05) is 5.32 Å². The van der Waals surface area contributed by atoms with Crippen molar-refractivity contribution in [1.29, 1.82) is 0 Å². The summed E-state index contributed by atoms with van der Waals surface area (Å²) in [5.74, 6) is 0.0638. The zero-order valence-corrected chi connectivity index (χ0v) is 13.2. The summed E-state index contributed by atoms with van der Waals surface area (Å²) in [7, 11) is 0. The van der Waals surface area contributed by atoms with Crippen LogP contribution in [0.1, 0.15) is 24.6 Å². The van der Waals surface area contributed by atoms with Crippen LogP contribution in [-0.4, -0.2) is 10.9 Å². The van der Waals surface area contributed by atoms with Crippen LogP contribution < -0.4 is 10.6 Å². The Morgan fingerprint density at radius 2 is 1.87 bits per heavy atom. The van der Waals surface area contributed by atoms with Crippen LogP contribution in [0.5, 0.6) is 0 Å². The van der Waals surface area contributed by atoms with Crippen LogP contribution >= 0.6 is 0 Å². The molecule has 3 aromatic rings. The topological polar surface area (TPSA) is 56.9 Å². The highest BCUT2D eigenvalue weighted by Crippen LogP contribution is 2.20. The Balaban J connectivity index is 1.67. The van der Waals surface area contributed by atoms with Crippen molar-refractivity contribution in [3.63, 3.8) is 0 Å². The van der Waals surface area contributed by atoms with E-state index in [4.69, 9.17) is 0 Å². The second-order valence-electron chi connectivity index (χ2n) is 5.57. The van der Waals surface area contributed by atoms with E-state index in [-0.39, 0.29) is 5.91 Å². The summed E-state index contributed by atoms with van der Waals surface area (Å²) in [5, 5.41) is 7.47. The normalized spacial score (nSPS) is 10.7. The Hall–Kier alpha value is -2.75. The van der Waals surface area contributed by atoms with Crippen molar-refractivity contribution in [2.45, 2.75) is 26.4 Å². The molecule has 0 unspecified atom stereocenters. The minimum atomic E-state index is 0.0638. The average Bonchev–Trinajstić information content (AvgIpc) is 3.01. The molecule has 1 aromatic heterocycles. The van der Waals surface area contributed by atoms with E-state index in [1.54, 1.807) is 0 Å². The largest absolute Gasteiger partial charge is 0.381 e. The predicted molar refractivity (Wildman–Crippen MR) is 94.2 cm³/mol. The molecule has 118 valence electrons. The number of aromatic amines is 1. The molecule has 0 aliphatic rings. The second-order valence-corrected chi connectivity index (χ2v) is 5.57. The molecule has 0 spiro atoms. The van der Waals surface area contributed by atoms with Gasteiger partial charge >= 0.3 is 0 Å². The Morgan fingerprint density at radius 3 is 2.65 bits per heavy atom. The number of amides is 1. The summed E-state index contributed by atoms with van der Waals surface area (Å²) in [6, 6.07) is 18.7.